The normalized spacial score (nSPS) is 26.2. The van der Waals surface area contributed by atoms with Crippen LogP contribution in [0.4, 0.5) is 0 Å². The maximum atomic E-state index is 2.75. The smallest absolute Gasteiger partial charge is 0.0125 e. The highest BCUT2D eigenvalue weighted by Gasteiger charge is 2.31. The van der Waals surface area contributed by atoms with Crippen molar-refractivity contribution in [3.05, 3.63) is 0 Å². The van der Waals surface area contributed by atoms with Crippen LogP contribution in [0.15, 0.2) is 0 Å². The monoisotopic (exact) mass is 267 g/mol. The Labute approximate surface area is 119 Å². The second-order valence-electron chi connectivity index (χ2n) is 7.55. The highest BCUT2D eigenvalue weighted by atomic mass is 15.3. The van der Waals surface area contributed by atoms with Crippen molar-refractivity contribution in [1.29, 1.82) is 0 Å². The number of hydrogen-bond acceptors (Lipinski definition) is 3. The molecule has 0 aromatic carbocycles. The van der Waals surface area contributed by atoms with Crippen molar-refractivity contribution in [3.63, 3.8) is 0 Å². The molecule has 2 rings (SSSR count). The standard InChI is InChI=1S/C16H33N3/c1-14(2)17-10-12-18(13-11-17)15-6-8-19(9-7-15)16(3,4)5/h14-15H,6-13H2,1-5H3. The third-order valence-electron chi connectivity index (χ3n) is 5.01. The van der Waals surface area contributed by atoms with Gasteiger partial charge in [0.05, 0.1) is 0 Å². The molecule has 0 aliphatic carbocycles. The highest BCUT2D eigenvalue weighted by molar-refractivity contribution is 4.87. The van der Waals surface area contributed by atoms with Crippen LogP contribution < -0.4 is 0 Å². The van der Waals surface area contributed by atoms with E-state index in [9.17, 15) is 0 Å². The minimum atomic E-state index is 0.349. The fourth-order valence-corrected chi connectivity index (χ4v) is 3.52. The molecule has 3 nitrogen and oxygen atoms in total. The summed E-state index contributed by atoms with van der Waals surface area (Å²) < 4.78 is 0. The largest absolute Gasteiger partial charge is 0.298 e. The fourth-order valence-electron chi connectivity index (χ4n) is 3.52. The molecule has 0 amide bonds. The van der Waals surface area contributed by atoms with E-state index in [0.717, 1.165) is 6.04 Å². The van der Waals surface area contributed by atoms with Gasteiger partial charge in [-0.1, -0.05) is 0 Å². The van der Waals surface area contributed by atoms with Crippen LogP contribution in [0.2, 0.25) is 0 Å². The summed E-state index contributed by atoms with van der Waals surface area (Å²) >= 11 is 0. The average molecular weight is 267 g/mol. The molecule has 0 spiro atoms. The van der Waals surface area contributed by atoms with Crippen molar-refractivity contribution in [2.24, 2.45) is 0 Å². The topological polar surface area (TPSA) is 9.72 Å². The Balaban J connectivity index is 1.77. The van der Waals surface area contributed by atoms with Crippen LogP contribution >= 0.6 is 0 Å². The Hall–Kier alpha value is -0.120. The quantitative estimate of drug-likeness (QED) is 0.760. The van der Waals surface area contributed by atoms with Gasteiger partial charge in [-0.05, 0) is 47.5 Å². The molecule has 0 aromatic heterocycles. The first-order valence-electron chi connectivity index (χ1n) is 8.11. The Kier molecular flexibility index (Phi) is 4.91. The van der Waals surface area contributed by atoms with Crippen molar-refractivity contribution in [1.82, 2.24) is 14.7 Å². The second-order valence-corrected chi connectivity index (χ2v) is 7.55. The lowest BCUT2D eigenvalue weighted by Crippen LogP contribution is -2.56. The SMILES string of the molecule is CC(C)N1CCN(C2CCN(C(C)(C)C)CC2)CC1. The Bertz CT molecular complexity index is 266. The molecular formula is C16H33N3. The van der Waals surface area contributed by atoms with E-state index >= 15 is 0 Å². The first-order valence-corrected chi connectivity index (χ1v) is 8.11. The van der Waals surface area contributed by atoms with Crippen LogP contribution in [-0.4, -0.2) is 71.6 Å². The third-order valence-corrected chi connectivity index (χ3v) is 5.01. The molecule has 2 aliphatic heterocycles. The van der Waals surface area contributed by atoms with E-state index in [-0.39, 0.29) is 0 Å². The van der Waals surface area contributed by atoms with E-state index in [1.807, 2.05) is 0 Å². The van der Waals surface area contributed by atoms with Crippen LogP contribution in [-0.2, 0) is 0 Å². The van der Waals surface area contributed by atoms with E-state index < -0.39 is 0 Å². The van der Waals surface area contributed by atoms with Gasteiger partial charge in [-0.2, -0.15) is 0 Å². The minimum Gasteiger partial charge on any atom is -0.298 e. The van der Waals surface area contributed by atoms with Gasteiger partial charge in [-0.15, -0.1) is 0 Å². The summed E-state index contributed by atoms with van der Waals surface area (Å²) in [5.74, 6) is 0. The summed E-state index contributed by atoms with van der Waals surface area (Å²) in [6.07, 6.45) is 2.72. The van der Waals surface area contributed by atoms with E-state index in [0.29, 0.717) is 11.6 Å². The summed E-state index contributed by atoms with van der Waals surface area (Å²) in [6, 6.07) is 1.55. The van der Waals surface area contributed by atoms with Gasteiger partial charge in [0.15, 0.2) is 0 Å². The number of likely N-dealkylation sites (tertiary alicyclic amines) is 1. The van der Waals surface area contributed by atoms with Gasteiger partial charge >= 0.3 is 0 Å². The van der Waals surface area contributed by atoms with Gasteiger partial charge in [0.1, 0.15) is 0 Å². The lowest BCUT2D eigenvalue weighted by Gasteiger charge is -2.46. The molecule has 2 saturated heterocycles. The number of piperazine rings is 1. The van der Waals surface area contributed by atoms with Crippen molar-refractivity contribution in [2.45, 2.75) is 65.1 Å². The van der Waals surface area contributed by atoms with Crippen molar-refractivity contribution in [2.75, 3.05) is 39.3 Å². The molecule has 112 valence electrons. The van der Waals surface area contributed by atoms with Gasteiger partial charge in [0.2, 0.25) is 0 Å². The van der Waals surface area contributed by atoms with Crippen LogP contribution in [0.3, 0.4) is 0 Å². The first-order chi connectivity index (χ1) is 8.88. The minimum absolute atomic E-state index is 0.349. The molecule has 2 fully saturated rings. The van der Waals surface area contributed by atoms with E-state index in [2.05, 4.69) is 49.3 Å². The molecule has 0 saturated carbocycles. The van der Waals surface area contributed by atoms with Gasteiger partial charge in [0.25, 0.3) is 0 Å². The summed E-state index contributed by atoms with van der Waals surface area (Å²) in [4.78, 5) is 8.01. The summed E-state index contributed by atoms with van der Waals surface area (Å²) in [5, 5.41) is 0. The third kappa shape index (κ3) is 3.93. The zero-order valence-corrected chi connectivity index (χ0v) is 13.7. The molecule has 2 aliphatic rings. The number of rotatable bonds is 2. The summed E-state index contributed by atoms with van der Waals surface area (Å²) in [7, 11) is 0. The maximum Gasteiger partial charge on any atom is 0.0125 e. The zero-order valence-electron chi connectivity index (χ0n) is 13.7. The van der Waals surface area contributed by atoms with Crippen molar-refractivity contribution >= 4 is 0 Å². The predicted octanol–water partition coefficient (Wildman–Crippen LogP) is 2.28. The van der Waals surface area contributed by atoms with Gasteiger partial charge in [-0.25, -0.2) is 0 Å². The molecule has 0 radical (unpaired) electrons. The molecule has 0 atom stereocenters. The fraction of sp³-hybridized carbons (Fsp3) is 1.00. The first kappa shape index (κ1) is 15.3. The Morgan fingerprint density at radius 3 is 1.79 bits per heavy atom. The lowest BCUT2D eigenvalue weighted by atomic mass is 9.96. The predicted molar refractivity (Wildman–Crippen MR) is 82.6 cm³/mol. The van der Waals surface area contributed by atoms with Gasteiger partial charge < -0.3 is 0 Å². The van der Waals surface area contributed by atoms with Gasteiger partial charge in [-0.3, -0.25) is 14.7 Å². The average Bonchev–Trinajstić information content (AvgIpc) is 2.38. The highest BCUT2D eigenvalue weighted by Crippen LogP contribution is 2.23. The van der Waals surface area contributed by atoms with Crippen LogP contribution in [0.5, 0.6) is 0 Å². The number of nitrogens with zero attached hydrogens (tertiary/aromatic N) is 3. The lowest BCUT2D eigenvalue weighted by molar-refractivity contribution is 0.0263. The van der Waals surface area contributed by atoms with Crippen molar-refractivity contribution in [3.8, 4) is 0 Å². The van der Waals surface area contributed by atoms with Crippen LogP contribution in [0, 0.1) is 0 Å². The van der Waals surface area contributed by atoms with E-state index in [1.165, 1.54) is 52.1 Å². The maximum absolute atomic E-state index is 2.75. The zero-order chi connectivity index (χ0) is 14.0. The van der Waals surface area contributed by atoms with Crippen LogP contribution in [0.25, 0.3) is 0 Å². The second kappa shape index (κ2) is 6.11. The van der Waals surface area contributed by atoms with Crippen molar-refractivity contribution < 1.29 is 0 Å². The molecule has 0 unspecified atom stereocenters. The van der Waals surface area contributed by atoms with Crippen LogP contribution in [0.1, 0.15) is 47.5 Å². The van der Waals surface area contributed by atoms with E-state index in [1.54, 1.807) is 0 Å². The molecular weight excluding hydrogens is 234 g/mol. The Morgan fingerprint density at radius 1 is 0.842 bits per heavy atom. The van der Waals surface area contributed by atoms with Gasteiger partial charge in [0, 0.05) is 56.9 Å². The molecule has 19 heavy (non-hydrogen) atoms. The molecule has 2 heterocycles. The number of hydrogen-bond donors (Lipinski definition) is 0. The Morgan fingerprint density at radius 2 is 1.37 bits per heavy atom. The molecule has 0 aromatic rings. The molecule has 0 N–H and O–H groups in total. The molecule has 3 heteroatoms. The summed E-state index contributed by atoms with van der Waals surface area (Å²) in [5.41, 5.74) is 0.349. The summed E-state index contributed by atoms with van der Waals surface area (Å²) in [6.45, 7) is 19.3. The number of piperidine rings is 1. The van der Waals surface area contributed by atoms with E-state index in [4.69, 9.17) is 0 Å². The molecule has 0 bridgehead atoms.